The summed E-state index contributed by atoms with van der Waals surface area (Å²) in [6.07, 6.45) is 7.64. The topological polar surface area (TPSA) is 21.6 Å². The molecule has 1 aliphatic heterocycles. The van der Waals surface area contributed by atoms with E-state index in [1.807, 2.05) is 18.3 Å². The molecule has 0 aromatic carbocycles. The van der Waals surface area contributed by atoms with Gasteiger partial charge in [-0.3, -0.25) is 0 Å². The first-order chi connectivity index (χ1) is 9.33. The molecule has 0 N–H and O–H groups in total. The fourth-order valence-electron chi connectivity index (χ4n) is 3.37. The molecule has 0 spiro atoms. The highest BCUT2D eigenvalue weighted by Crippen LogP contribution is 2.42. The molecule has 1 aliphatic carbocycles. The average Bonchev–Trinajstić information content (AvgIpc) is 2.63. The van der Waals surface area contributed by atoms with Gasteiger partial charge in [0.25, 0.3) is 0 Å². The Morgan fingerprint density at radius 3 is 2.95 bits per heavy atom. The molecule has 20 heavy (non-hydrogen) atoms. The second-order valence-corrected chi connectivity index (χ2v) is 6.70. The van der Waals surface area contributed by atoms with Gasteiger partial charge < -0.3 is 4.74 Å². The van der Waals surface area contributed by atoms with Gasteiger partial charge in [0.05, 0.1) is 17.5 Å². The minimum absolute atomic E-state index is 0. The van der Waals surface area contributed by atoms with Crippen LogP contribution in [0, 0.1) is 0 Å². The van der Waals surface area contributed by atoms with Gasteiger partial charge in [-0.1, -0.05) is 19.8 Å². The zero-order chi connectivity index (χ0) is 13.2. The second-order valence-electron chi connectivity index (χ2n) is 5.56. The second kappa shape index (κ2) is 6.95. The number of ether oxygens (including phenoxy) is 1. The lowest BCUT2D eigenvalue weighted by molar-refractivity contribution is 0.323. The highest BCUT2D eigenvalue weighted by molar-refractivity contribution is 7.14. The third-order valence-corrected chi connectivity index (χ3v) is 5.43. The molecular formula is C16H24ClNOS. The van der Waals surface area contributed by atoms with Gasteiger partial charge in [-0.2, -0.15) is 0 Å². The Hall–Kier alpha value is -0.540. The predicted octanol–water partition coefficient (Wildman–Crippen LogP) is 4.95. The van der Waals surface area contributed by atoms with Crippen LogP contribution in [0.3, 0.4) is 0 Å². The summed E-state index contributed by atoms with van der Waals surface area (Å²) < 4.78 is 5.81. The third-order valence-electron chi connectivity index (χ3n) is 4.23. The van der Waals surface area contributed by atoms with Crippen LogP contribution in [-0.4, -0.2) is 18.5 Å². The van der Waals surface area contributed by atoms with Crippen molar-refractivity contribution in [1.82, 2.24) is 0 Å². The van der Waals surface area contributed by atoms with Crippen LogP contribution in [-0.2, 0) is 11.2 Å². The highest BCUT2D eigenvalue weighted by atomic mass is 35.5. The van der Waals surface area contributed by atoms with E-state index < -0.39 is 0 Å². The molecule has 2 heterocycles. The summed E-state index contributed by atoms with van der Waals surface area (Å²) in [5.74, 6) is 1.54. The van der Waals surface area contributed by atoms with Gasteiger partial charge in [-0.25, -0.2) is 4.99 Å². The molecule has 0 saturated carbocycles. The van der Waals surface area contributed by atoms with Crippen molar-refractivity contribution in [2.45, 2.75) is 64.3 Å². The lowest BCUT2D eigenvalue weighted by atomic mass is 9.87. The normalized spacial score (nSPS) is 24.2. The Morgan fingerprint density at radius 1 is 1.35 bits per heavy atom. The summed E-state index contributed by atoms with van der Waals surface area (Å²) in [6.45, 7) is 5.02. The summed E-state index contributed by atoms with van der Waals surface area (Å²) in [4.78, 5) is 7.84. The van der Waals surface area contributed by atoms with Crippen LogP contribution in [0.4, 0.5) is 0 Å². The molecule has 2 aliphatic rings. The number of nitrogens with zero attached hydrogens (tertiary/aromatic N) is 1. The molecule has 0 amide bonds. The van der Waals surface area contributed by atoms with Crippen LogP contribution >= 0.6 is 23.7 Å². The molecule has 1 aromatic rings. The first kappa shape index (κ1) is 15.8. The van der Waals surface area contributed by atoms with Crippen molar-refractivity contribution in [3.63, 3.8) is 0 Å². The number of rotatable bonds is 3. The quantitative estimate of drug-likeness (QED) is 0.774. The van der Waals surface area contributed by atoms with Crippen LogP contribution in [0.15, 0.2) is 11.1 Å². The molecule has 2 unspecified atom stereocenters. The summed E-state index contributed by atoms with van der Waals surface area (Å²) in [7, 11) is 0. The van der Waals surface area contributed by atoms with Crippen LogP contribution in [0.1, 0.15) is 67.2 Å². The molecular weight excluding hydrogens is 290 g/mol. The Bertz CT molecular complexity index is 483. The van der Waals surface area contributed by atoms with E-state index in [-0.39, 0.29) is 12.4 Å². The fraction of sp³-hybridized carbons (Fsp3) is 0.688. The van der Waals surface area contributed by atoms with Crippen LogP contribution in [0.25, 0.3) is 0 Å². The number of aryl methyl sites for hydroxylation is 1. The van der Waals surface area contributed by atoms with E-state index in [0.717, 1.165) is 5.90 Å². The molecule has 0 fully saturated rings. The van der Waals surface area contributed by atoms with E-state index in [2.05, 4.69) is 13.0 Å². The third kappa shape index (κ3) is 2.89. The summed E-state index contributed by atoms with van der Waals surface area (Å²) in [6, 6.07) is 2.81. The first-order valence-electron chi connectivity index (χ1n) is 7.67. The van der Waals surface area contributed by atoms with Gasteiger partial charge in [-0.05, 0) is 44.2 Å². The van der Waals surface area contributed by atoms with Gasteiger partial charge >= 0.3 is 0 Å². The maximum atomic E-state index is 5.81. The number of fused-ring (bicyclic) bond motifs is 1. The van der Waals surface area contributed by atoms with Crippen LogP contribution in [0.2, 0.25) is 0 Å². The van der Waals surface area contributed by atoms with Crippen molar-refractivity contribution in [3.05, 3.63) is 21.4 Å². The standard InChI is InChI=1S/C16H23NOS.ClH/c1-3-7-13-11-8-5-6-9-14-12(11)10-15(19-14)16(17-13)18-4-2;/h10-11,13H,3-9H2,1-2H3;1H. The molecule has 0 saturated heterocycles. The minimum Gasteiger partial charge on any atom is -0.477 e. The Morgan fingerprint density at radius 2 is 2.20 bits per heavy atom. The lowest BCUT2D eigenvalue weighted by Gasteiger charge is -2.23. The average molecular weight is 314 g/mol. The monoisotopic (exact) mass is 313 g/mol. The van der Waals surface area contributed by atoms with Crippen molar-refractivity contribution in [3.8, 4) is 0 Å². The largest absolute Gasteiger partial charge is 0.477 e. The van der Waals surface area contributed by atoms with Gasteiger partial charge in [0.15, 0.2) is 0 Å². The van der Waals surface area contributed by atoms with E-state index in [1.54, 1.807) is 10.4 Å². The zero-order valence-electron chi connectivity index (χ0n) is 12.4. The zero-order valence-corrected chi connectivity index (χ0v) is 14.0. The van der Waals surface area contributed by atoms with Crippen LogP contribution in [0.5, 0.6) is 0 Å². The maximum absolute atomic E-state index is 5.81. The van der Waals surface area contributed by atoms with Gasteiger partial charge in [0.1, 0.15) is 0 Å². The number of aliphatic imine (C=N–C) groups is 1. The molecule has 2 bridgehead atoms. The smallest absolute Gasteiger partial charge is 0.226 e. The van der Waals surface area contributed by atoms with Crippen molar-refractivity contribution in [1.29, 1.82) is 0 Å². The van der Waals surface area contributed by atoms with Crippen molar-refractivity contribution >= 4 is 29.6 Å². The van der Waals surface area contributed by atoms with E-state index in [9.17, 15) is 0 Å². The number of hydrogen-bond acceptors (Lipinski definition) is 3. The van der Waals surface area contributed by atoms with E-state index in [1.165, 1.54) is 43.4 Å². The van der Waals surface area contributed by atoms with Crippen molar-refractivity contribution < 1.29 is 4.74 Å². The molecule has 2 nitrogen and oxygen atoms in total. The molecule has 4 heteroatoms. The van der Waals surface area contributed by atoms with Gasteiger partial charge in [-0.15, -0.1) is 23.7 Å². The van der Waals surface area contributed by atoms with Crippen molar-refractivity contribution in [2.75, 3.05) is 6.61 Å². The molecule has 3 rings (SSSR count). The molecule has 1 aromatic heterocycles. The van der Waals surface area contributed by atoms with Crippen LogP contribution < -0.4 is 0 Å². The molecule has 2 atom stereocenters. The van der Waals surface area contributed by atoms with E-state index in [4.69, 9.17) is 9.73 Å². The van der Waals surface area contributed by atoms with E-state index >= 15 is 0 Å². The predicted molar refractivity (Wildman–Crippen MR) is 88.7 cm³/mol. The lowest BCUT2D eigenvalue weighted by Crippen LogP contribution is -2.18. The van der Waals surface area contributed by atoms with Gasteiger partial charge in [0.2, 0.25) is 5.90 Å². The maximum Gasteiger partial charge on any atom is 0.226 e. The molecule has 112 valence electrons. The molecule has 0 radical (unpaired) electrons. The number of thiophene rings is 1. The Balaban J connectivity index is 0.00000147. The Labute approximate surface area is 132 Å². The summed E-state index contributed by atoms with van der Waals surface area (Å²) in [5.41, 5.74) is 1.59. The highest BCUT2D eigenvalue weighted by Gasteiger charge is 2.32. The first-order valence-corrected chi connectivity index (χ1v) is 8.48. The SMILES string of the molecule is CCCC1N=C(OCC)c2cc3c(s2)CCCCC31.Cl. The van der Waals surface area contributed by atoms with E-state index in [0.29, 0.717) is 18.6 Å². The Kier molecular flexibility index (Phi) is 5.50. The number of halogens is 1. The van der Waals surface area contributed by atoms with Crippen molar-refractivity contribution in [2.24, 2.45) is 4.99 Å². The number of hydrogen-bond donors (Lipinski definition) is 0. The summed E-state index contributed by atoms with van der Waals surface area (Å²) >= 11 is 1.92. The fourth-order valence-corrected chi connectivity index (χ4v) is 4.60. The summed E-state index contributed by atoms with van der Waals surface area (Å²) in [5, 5.41) is 0. The van der Waals surface area contributed by atoms with Gasteiger partial charge in [0, 0.05) is 10.8 Å². The minimum atomic E-state index is 0.